The highest BCUT2D eigenvalue weighted by molar-refractivity contribution is 5.79. The first kappa shape index (κ1) is 15.9. The predicted octanol–water partition coefficient (Wildman–Crippen LogP) is 2.33. The van der Waals surface area contributed by atoms with Crippen LogP contribution in [0.5, 0.6) is 5.75 Å². The van der Waals surface area contributed by atoms with E-state index in [9.17, 15) is 5.11 Å². The lowest BCUT2D eigenvalue weighted by atomic mass is 10.1. The highest BCUT2D eigenvalue weighted by Gasteiger charge is 2.00. The van der Waals surface area contributed by atoms with Crippen molar-refractivity contribution in [3.8, 4) is 5.75 Å². The van der Waals surface area contributed by atoms with Crippen molar-refractivity contribution in [1.29, 1.82) is 0 Å². The van der Waals surface area contributed by atoms with E-state index in [1.807, 2.05) is 31.2 Å². The number of furan rings is 1. The Morgan fingerprint density at radius 1 is 1.18 bits per heavy atom. The summed E-state index contributed by atoms with van der Waals surface area (Å²) in [5, 5.41) is 16.0. The van der Waals surface area contributed by atoms with Gasteiger partial charge in [0.25, 0.3) is 0 Å². The van der Waals surface area contributed by atoms with Crippen molar-refractivity contribution in [1.82, 2.24) is 10.6 Å². The van der Waals surface area contributed by atoms with E-state index >= 15 is 0 Å². The second kappa shape index (κ2) is 8.77. The minimum absolute atomic E-state index is 0.302. The van der Waals surface area contributed by atoms with Gasteiger partial charge in [-0.2, -0.15) is 0 Å². The molecular formula is C17H23N3O2. The molecule has 2 rings (SSSR count). The van der Waals surface area contributed by atoms with E-state index in [0.717, 1.165) is 43.2 Å². The molecule has 0 saturated carbocycles. The van der Waals surface area contributed by atoms with Gasteiger partial charge in [0.15, 0.2) is 5.96 Å². The Hall–Kier alpha value is -2.43. The first-order valence-electron chi connectivity index (χ1n) is 7.60. The number of hydrogen-bond acceptors (Lipinski definition) is 3. The zero-order chi connectivity index (χ0) is 15.6. The monoisotopic (exact) mass is 301 g/mol. The second-order valence-electron chi connectivity index (χ2n) is 4.94. The van der Waals surface area contributed by atoms with Crippen LogP contribution in [-0.2, 0) is 12.8 Å². The van der Waals surface area contributed by atoms with Gasteiger partial charge in [0.2, 0.25) is 0 Å². The molecule has 0 fully saturated rings. The van der Waals surface area contributed by atoms with Crippen LogP contribution < -0.4 is 10.6 Å². The lowest BCUT2D eigenvalue weighted by molar-refractivity contribution is 0.474. The van der Waals surface area contributed by atoms with E-state index in [4.69, 9.17) is 4.42 Å². The minimum atomic E-state index is 0.302. The molecule has 0 bridgehead atoms. The summed E-state index contributed by atoms with van der Waals surface area (Å²) in [5.41, 5.74) is 1.10. The number of nitrogens with one attached hydrogen (secondary N) is 2. The summed E-state index contributed by atoms with van der Waals surface area (Å²) in [6, 6.07) is 11.2. The summed E-state index contributed by atoms with van der Waals surface area (Å²) >= 11 is 0. The van der Waals surface area contributed by atoms with Crippen molar-refractivity contribution in [3.63, 3.8) is 0 Å². The number of aliphatic imine (C=N–C) groups is 1. The van der Waals surface area contributed by atoms with Gasteiger partial charge in [-0.1, -0.05) is 12.1 Å². The summed E-state index contributed by atoms with van der Waals surface area (Å²) in [6.07, 6.45) is 3.30. The highest BCUT2D eigenvalue weighted by Crippen LogP contribution is 2.10. The average Bonchev–Trinajstić information content (AvgIpc) is 3.01. The molecular weight excluding hydrogens is 278 g/mol. The minimum Gasteiger partial charge on any atom is -0.508 e. The fraction of sp³-hybridized carbons (Fsp3) is 0.353. The molecule has 0 radical (unpaired) electrons. The van der Waals surface area contributed by atoms with Gasteiger partial charge < -0.3 is 20.2 Å². The molecule has 118 valence electrons. The Labute approximate surface area is 131 Å². The zero-order valence-electron chi connectivity index (χ0n) is 12.9. The summed E-state index contributed by atoms with van der Waals surface area (Å²) in [5.74, 6) is 2.05. The third-order valence-electron chi connectivity index (χ3n) is 3.17. The van der Waals surface area contributed by atoms with Gasteiger partial charge in [-0.05, 0) is 43.2 Å². The Morgan fingerprint density at radius 2 is 2.09 bits per heavy atom. The molecule has 0 aliphatic carbocycles. The molecule has 0 saturated heterocycles. The van der Waals surface area contributed by atoms with Crippen LogP contribution in [0.4, 0.5) is 0 Å². The maximum atomic E-state index is 9.45. The Kier molecular flexibility index (Phi) is 6.36. The lowest BCUT2D eigenvalue weighted by Gasteiger charge is -2.11. The summed E-state index contributed by atoms with van der Waals surface area (Å²) < 4.78 is 5.29. The molecule has 5 heteroatoms. The van der Waals surface area contributed by atoms with Crippen molar-refractivity contribution in [3.05, 3.63) is 54.0 Å². The van der Waals surface area contributed by atoms with Crippen LogP contribution in [0.1, 0.15) is 18.2 Å². The molecule has 0 unspecified atom stereocenters. The Balaban J connectivity index is 1.77. The van der Waals surface area contributed by atoms with Crippen molar-refractivity contribution in [2.24, 2.45) is 4.99 Å². The summed E-state index contributed by atoms with van der Waals surface area (Å²) in [4.78, 5) is 4.52. The molecule has 1 heterocycles. The van der Waals surface area contributed by atoms with Crippen LogP contribution in [0.15, 0.2) is 52.1 Å². The van der Waals surface area contributed by atoms with Crippen LogP contribution in [0.3, 0.4) is 0 Å². The number of phenols is 1. The van der Waals surface area contributed by atoms with E-state index in [1.54, 1.807) is 18.4 Å². The van der Waals surface area contributed by atoms with Gasteiger partial charge in [-0.15, -0.1) is 0 Å². The normalized spacial score (nSPS) is 11.4. The molecule has 1 aromatic carbocycles. The Bertz CT molecular complexity index is 579. The van der Waals surface area contributed by atoms with E-state index in [-0.39, 0.29) is 0 Å². The molecule has 0 aliphatic rings. The van der Waals surface area contributed by atoms with Gasteiger partial charge in [0.1, 0.15) is 11.5 Å². The summed E-state index contributed by atoms with van der Waals surface area (Å²) in [6.45, 7) is 4.29. The maximum absolute atomic E-state index is 9.45. The number of aromatic hydroxyl groups is 1. The van der Waals surface area contributed by atoms with Crippen LogP contribution in [0.2, 0.25) is 0 Å². The standard InChI is InChI=1S/C17H23N3O2/c1-2-18-17(20-11-9-16-7-4-12-22-16)19-10-8-14-5-3-6-15(21)13-14/h3-7,12-13,21H,2,8-11H2,1H3,(H2,18,19,20). The molecule has 2 aromatic rings. The number of guanidine groups is 1. The summed E-state index contributed by atoms with van der Waals surface area (Å²) in [7, 11) is 0. The fourth-order valence-electron chi connectivity index (χ4n) is 2.11. The number of benzene rings is 1. The van der Waals surface area contributed by atoms with Crippen molar-refractivity contribution < 1.29 is 9.52 Å². The maximum Gasteiger partial charge on any atom is 0.191 e. The average molecular weight is 301 g/mol. The van der Waals surface area contributed by atoms with E-state index in [1.165, 1.54) is 0 Å². The first-order chi connectivity index (χ1) is 10.8. The van der Waals surface area contributed by atoms with Crippen LogP contribution in [-0.4, -0.2) is 30.7 Å². The predicted molar refractivity (Wildman–Crippen MR) is 88.2 cm³/mol. The molecule has 5 nitrogen and oxygen atoms in total. The number of hydrogen-bond donors (Lipinski definition) is 3. The van der Waals surface area contributed by atoms with Gasteiger partial charge in [0.05, 0.1) is 6.26 Å². The number of rotatable bonds is 7. The molecule has 0 spiro atoms. The van der Waals surface area contributed by atoms with Crippen LogP contribution >= 0.6 is 0 Å². The molecule has 1 aromatic heterocycles. The first-order valence-corrected chi connectivity index (χ1v) is 7.60. The lowest BCUT2D eigenvalue weighted by Crippen LogP contribution is -2.38. The van der Waals surface area contributed by atoms with Gasteiger partial charge >= 0.3 is 0 Å². The number of nitrogens with zero attached hydrogens (tertiary/aromatic N) is 1. The molecule has 0 aliphatic heterocycles. The van der Waals surface area contributed by atoms with Gasteiger partial charge in [-0.3, -0.25) is 4.99 Å². The molecule has 0 atom stereocenters. The van der Waals surface area contributed by atoms with Crippen LogP contribution in [0, 0.1) is 0 Å². The smallest absolute Gasteiger partial charge is 0.191 e. The number of phenolic OH excluding ortho intramolecular Hbond substituents is 1. The molecule has 22 heavy (non-hydrogen) atoms. The third-order valence-corrected chi connectivity index (χ3v) is 3.17. The fourth-order valence-corrected chi connectivity index (χ4v) is 2.11. The second-order valence-corrected chi connectivity index (χ2v) is 4.94. The topological polar surface area (TPSA) is 69.8 Å². The van der Waals surface area contributed by atoms with Gasteiger partial charge in [-0.25, -0.2) is 0 Å². The quantitative estimate of drug-likeness (QED) is 0.542. The largest absolute Gasteiger partial charge is 0.508 e. The Morgan fingerprint density at radius 3 is 2.82 bits per heavy atom. The van der Waals surface area contributed by atoms with Gasteiger partial charge in [0, 0.05) is 26.1 Å². The van der Waals surface area contributed by atoms with E-state index in [2.05, 4.69) is 15.6 Å². The van der Waals surface area contributed by atoms with E-state index in [0.29, 0.717) is 12.3 Å². The third kappa shape index (κ3) is 5.52. The zero-order valence-corrected chi connectivity index (χ0v) is 12.9. The SMILES string of the molecule is CCNC(=NCCc1ccco1)NCCc1cccc(O)c1. The molecule has 3 N–H and O–H groups in total. The van der Waals surface area contributed by atoms with E-state index < -0.39 is 0 Å². The van der Waals surface area contributed by atoms with Crippen molar-refractivity contribution in [2.45, 2.75) is 19.8 Å². The van der Waals surface area contributed by atoms with Crippen molar-refractivity contribution >= 4 is 5.96 Å². The van der Waals surface area contributed by atoms with Crippen molar-refractivity contribution in [2.75, 3.05) is 19.6 Å². The van der Waals surface area contributed by atoms with Crippen LogP contribution in [0.25, 0.3) is 0 Å². The highest BCUT2D eigenvalue weighted by atomic mass is 16.3. The molecule has 0 amide bonds.